The second kappa shape index (κ2) is 15.5. The van der Waals surface area contributed by atoms with Crippen molar-refractivity contribution >= 4 is 0 Å². The molecule has 34 heavy (non-hydrogen) atoms. The Morgan fingerprint density at radius 2 is 1.21 bits per heavy atom. The number of hydrogen-bond acceptors (Lipinski definition) is 3. The largest absolute Gasteiger partial charge is 0.496 e. The third-order valence-electron chi connectivity index (χ3n) is 7.52. The summed E-state index contributed by atoms with van der Waals surface area (Å²) in [4.78, 5) is 0. The number of allylic oxidation sites excluding steroid dienone is 1. The predicted molar refractivity (Wildman–Crippen MR) is 147 cm³/mol. The van der Waals surface area contributed by atoms with Crippen LogP contribution >= 0.6 is 0 Å². The van der Waals surface area contributed by atoms with E-state index in [-0.39, 0.29) is 0 Å². The van der Waals surface area contributed by atoms with E-state index < -0.39 is 6.10 Å². The lowest BCUT2D eigenvalue weighted by Crippen LogP contribution is -2.07. The van der Waals surface area contributed by atoms with E-state index in [1.54, 1.807) is 14.2 Å². The van der Waals surface area contributed by atoms with Crippen LogP contribution in [0.4, 0.5) is 0 Å². The lowest BCUT2D eigenvalue weighted by molar-refractivity contribution is 0.219. The highest BCUT2D eigenvalue weighted by Crippen LogP contribution is 2.41. The van der Waals surface area contributed by atoms with E-state index >= 15 is 0 Å². The summed E-state index contributed by atoms with van der Waals surface area (Å²) in [5, 5.41) is 11.1. The van der Waals surface area contributed by atoms with Crippen LogP contribution in [0.5, 0.6) is 11.5 Å². The third-order valence-corrected chi connectivity index (χ3v) is 7.52. The fourth-order valence-electron chi connectivity index (χ4n) is 5.19. The Balaban J connectivity index is 2.56. The summed E-state index contributed by atoms with van der Waals surface area (Å²) in [6, 6.07) is 0. The molecule has 3 heteroatoms. The van der Waals surface area contributed by atoms with E-state index in [2.05, 4.69) is 34.6 Å². The molecule has 0 saturated heterocycles. The minimum absolute atomic E-state index is 0.697. The molecule has 0 amide bonds. The van der Waals surface area contributed by atoms with Gasteiger partial charge in [-0.2, -0.15) is 0 Å². The topological polar surface area (TPSA) is 38.7 Å². The van der Waals surface area contributed by atoms with Gasteiger partial charge >= 0.3 is 0 Å². The van der Waals surface area contributed by atoms with Gasteiger partial charge in [0.2, 0.25) is 0 Å². The summed E-state index contributed by atoms with van der Waals surface area (Å²) in [6.07, 6.45) is 12.9. The van der Waals surface area contributed by atoms with Crippen LogP contribution in [0, 0.1) is 38.5 Å². The number of methoxy groups -OCH3 is 2. The van der Waals surface area contributed by atoms with Gasteiger partial charge in [-0.05, 0) is 69.4 Å². The Bertz CT molecular complexity index is 763. The van der Waals surface area contributed by atoms with Crippen molar-refractivity contribution in [3.05, 3.63) is 33.9 Å². The molecule has 0 aromatic heterocycles. The lowest BCUT2D eigenvalue weighted by Gasteiger charge is -2.22. The predicted octanol–water partition coefficient (Wildman–Crippen LogP) is 9.05. The first-order chi connectivity index (χ1) is 16.0. The van der Waals surface area contributed by atoms with Crippen LogP contribution in [-0.4, -0.2) is 19.3 Å². The molecule has 1 aromatic carbocycles. The third kappa shape index (κ3) is 9.64. The van der Waals surface area contributed by atoms with Gasteiger partial charge in [0.1, 0.15) is 17.6 Å². The fraction of sp³-hybridized carbons (Fsp3) is 0.742. The summed E-state index contributed by atoms with van der Waals surface area (Å²) in [5.41, 5.74) is 5.08. The lowest BCUT2D eigenvalue weighted by atomic mass is 9.91. The van der Waals surface area contributed by atoms with E-state index in [1.807, 2.05) is 26.8 Å². The maximum atomic E-state index is 11.1. The maximum absolute atomic E-state index is 11.1. The summed E-state index contributed by atoms with van der Waals surface area (Å²) in [6.45, 7) is 17.7. The molecule has 1 N–H and O–H groups in total. The smallest absolute Gasteiger partial charge is 0.128 e. The Kier molecular flexibility index (Phi) is 13.9. The molecule has 0 saturated carbocycles. The molecule has 0 heterocycles. The van der Waals surface area contributed by atoms with E-state index in [1.165, 1.54) is 56.9 Å². The van der Waals surface area contributed by atoms with Crippen LogP contribution < -0.4 is 9.47 Å². The second-order valence-electron chi connectivity index (χ2n) is 11.2. The Labute approximate surface area is 211 Å². The van der Waals surface area contributed by atoms with Crippen molar-refractivity contribution in [3.8, 4) is 11.5 Å². The standard InChI is InChI=1S/C31H54O3/c1-21(2)14-11-15-22(3)16-12-17-23(4)18-13-19-24(5)20-28(32)29-27(8)30(33-9)25(6)26(7)31(29)34-10/h20-23,28,32H,11-19H2,1-10H3/b24-20+/t22-,23-,28?/m1/s1. The maximum Gasteiger partial charge on any atom is 0.128 e. The minimum atomic E-state index is -0.697. The monoisotopic (exact) mass is 474 g/mol. The molecule has 3 atom stereocenters. The number of rotatable bonds is 16. The highest BCUT2D eigenvalue weighted by atomic mass is 16.5. The van der Waals surface area contributed by atoms with Gasteiger partial charge in [0, 0.05) is 11.1 Å². The van der Waals surface area contributed by atoms with Crippen LogP contribution in [0.25, 0.3) is 0 Å². The summed E-state index contributed by atoms with van der Waals surface area (Å²) in [5.74, 6) is 4.07. The van der Waals surface area contributed by atoms with Gasteiger partial charge in [-0.15, -0.1) is 0 Å². The zero-order valence-corrected chi connectivity index (χ0v) is 24.0. The fourth-order valence-corrected chi connectivity index (χ4v) is 5.19. The molecule has 0 radical (unpaired) electrons. The van der Waals surface area contributed by atoms with Gasteiger partial charge in [0.05, 0.1) is 14.2 Å². The molecule has 0 aliphatic carbocycles. The summed E-state index contributed by atoms with van der Waals surface area (Å²) >= 11 is 0. The molecule has 1 aromatic rings. The first-order valence-electron chi connectivity index (χ1n) is 13.6. The molecule has 0 aliphatic heterocycles. The highest BCUT2D eigenvalue weighted by Gasteiger charge is 2.23. The molecule has 0 aliphatic rings. The molecule has 3 nitrogen and oxygen atoms in total. The van der Waals surface area contributed by atoms with Gasteiger partial charge in [0.15, 0.2) is 0 Å². The number of aliphatic hydroxyl groups is 1. The SMILES string of the molecule is COc1c(C)c(C)c(OC)c(C(O)/C=C(\C)CCC[C@H](C)CCC[C@H](C)CCCC(C)C)c1C. The molecule has 0 bridgehead atoms. The molecular formula is C31H54O3. The van der Waals surface area contributed by atoms with E-state index in [0.717, 1.165) is 57.9 Å². The Hall–Kier alpha value is -1.48. The number of benzene rings is 1. The minimum Gasteiger partial charge on any atom is -0.496 e. The molecule has 196 valence electrons. The second-order valence-corrected chi connectivity index (χ2v) is 11.2. The van der Waals surface area contributed by atoms with Crippen molar-refractivity contribution in [1.29, 1.82) is 0 Å². The van der Waals surface area contributed by atoms with E-state index in [4.69, 9.17) is 9.47 Å². The summed E-state index contributed by atoms with van der Waals surface area (Å²) < 4.78 is 11.3. The van der Waals surface area contributed by atoms with E-state index in [0.29, 0.717) is 0 Å². The van der Waals surface area contributed by atoms with Crippen molar-refractivity contribution in [3.63, 3.8) is 0 Å². The van der Waals surface area contributed by atoms with Crippen molar-refractivity contribution in [1.82, 2.24) is 0 Å². The molecule has 1 unspecified atom stereocenters. The van der Waals surface area contributed by atoms with Gasteiger partial charge in [-0.3, -0.25) is 0 Å². The number of ether oxygens (including phenoxy) is 2. The van der Waals surface area contributed by atoms with Gasteiger partial charge in [0.25, 0.3) is 0 Å². The molecule has 0 spiro atoms. The van der Waals surface area contributed by atoms with Crippen LogP contribution in [0.3, 0.4) is 0 Å². The van der Waals surface area contributed by atoms with Crippen LogP contribution in [-0.2, 0) is 0 Å². The number of aliphatic hydroxyl groups excluding tert-OH is 1. The Morgan fingerprint density at radius 1 is 0.735 bits per heavy atom. The van der Waals surface area contributed by atoms with Crippen molar-refractivity contribution in [2.75, 3.05) is 14.2 Å². The van der Waals surface area contributed by atoms with Crippen molar-refractivity contribution < 1.29 is 14.6 Å². The Morgan fingerprint density at radius 3 is 1.71 bits per heavy atom. The molecular weight excluding hydrogens is 420 g/mol. The zero-order valence-electron chi connectivity index (χ0n) is 24.0. The first-order valence-corrected chi connectivity index (χ1v) is 13.6. The summed E-state index contributed by atoms with van der Waals surface area (Å²) in [7, 11) is 3.36. The van der Waals surface area contributed by atoms with Gasteiger partial charge < -0.3 is 14.6 Å². The quantitative estimate of drug-likeness (QED) is 0.243. The molecule has 1 rings (SSSR count). The van der Waals surface area contributed by atoms with Gasteiger partial charge in [-0.25, -0.2) is 0 Å². The average Bonchev–Trinajstić information content (AvgIpc) is 2.76. The zero-order chi connectivity index (χ0) is 25.8. The first kappa shape index (κ1) is 30.6. The van der Waals surface area contributed by atoms with Crippen molar-refractivity contribution in [2.24, 2.45) is 17.8 Å². The average molecular weight is 475 g/mol. The van der Waals surface area contributed by atoms with Crippen LogP contribution in [0.15, 0.2) is 11.6 Å². The molecule has 0 fully saturated rings. The van der Waals surface area contributed by atoms with Crippen molar-refractivity contribution in [2.45, 2.75) is 119 Å². The normalized spacial score (nSPS) is 14.9. The van der Waals surface area contributed by atoms with Crippen LogP contribution in [0.2, 0.25) is 0 Å². The van der Waals surface area contributed by atoms with Gasteiger partial charge in [-0.1, -0.05) is 84.3 Å². The highest BCUT2D eigenvalue weighted by molar-refractivity contribution is 5.59. The van der Waals surface area contributed by atoms with E-state index in [9.17, 15) is 5.11 Å². The number of hydrogen-bond donors (Lipinski definition) is 1. The van der Waals surface area contributed by atoms with Crippen LogP contribution in [0.1, 0.15) is 121 Å².